The Kier molecular flexibility index (Phi) is 6.40. The Hall–Kier alpha value is -1.85. The minimum atomic E-state index is -0.453. The summed E-state index contributed by atoms with van der Waals surface area (Å²) in [6.45, 7) is 8.96. The van der Waals surface area contributed by atoms with Crippen molar-refractivity contribution in [3.8, 4) is 5.88 Å². The number of rotatable bonds is 5. The van der Waals surface area contributed by atoms with Crippen LogP contribution in [0.2, 0.25) is 0 Å². The molecule has 6 heteroatoms. The van der Waals surface area contributed by atoms with E-state index in [9.17, 15) is 4.79 Å². The van der Waals surface area contributed by atoms with Gasteiger partial charge in [-0.1, -0.05) is 0 Å². The van der Waals surface area contributed by atoms with Crippen molar-refractivity contribution in [1.29, 1.82) is 0 Å². The molecule has 1 fully saturated rings. The molecule has 6 nitrogen and oxygen atoms in total. The Balaban J connectivity index is 1.81. The van der Waals surface area contributed by atoms with Gasteiger partial charge in [-0.2, -0.15) is 0 Å². The van der Waals surface area contributed by atoms with Crippen molar-refractivity contribution >= 4 is 6.09 Å². The number of carbonyl (C=O) groups is 1. The molecule has 0 bridgehead atoms. The Bertz CT molecular complexity index is 543. The van der Waals surface area contributed by atoms with Crippen molar-refractivity contribution in [3.63, 3.8) is 0 Å². The Morgan fingerprint density at radius 1 is 1.29 bits per heavy atom. The molecule has 0 saturated carbocycles. The monoisotopic (exact) mass is 335 g/mol. The summed E-state index contributed by atoms with van der Waals surface area (Å²) in [4.78, 5) is 22.6. The molecule has 2 heterocycles. The van der Waals surface area contributed by atoms with Gasteiger partial charge < -0.3 is 14.4 Å². The lowest BCUT2D eigenvalue weighted by Crippen LogP contribution is -2.46. The zero-order chi connectivity index (χ0) is 17.6. The molecule has 0 N–H and O–H groups in total. The number of aromatic nitrogens is 2. The van der Waals surface area contributed by atoms with Crippen LogP contribution in [0.3, 0.4) is 0 Å². The molecule has 1 atom stereocenters. The van der Waals surface area contributed by atoms with Gasteiger partial charge in [0.15, 0.2) is 0 Å². The van der Waals surface area contributed by atoms with Gasteiger partial charge in [0, 0.05) is 25.0 Å². The van der Waals surface area contributed by atoms with E-state index < -0.39 is 5.60 Å². The maximum atomic E-state index is 12.4. The van der Waals surface area contributed by atoms with E-state index in [1.54, 1.807) is 12.4 Å². The Morgan fingerprint density at radius 2 is 2.04 bits per heavy atom. The van der Waals surface area contributed by atoms with E-state index in [1.165, 1.54) is 0 Å². The van der Waals surface area contributed by atoms with Crippen LogP contribution in [0.4, 0.5) is 4.79 Å². The van der Waals surface area contributed by atoms with Gasteiger partial charge in [-0.15, -0.1) is 0 Å². The van der Waals surface area contributed by atoms with Crippen LogP contribution in [-0.2, 0) is 4.74 Å². The number of hydrogen-bond acceptors (Lipinski definition) is 5. The molecule has 2 rings (SSSR count). The second kappa shape index (κ2) is 8.31. The molecule has 1 amide bonds. The SMILES string of the molecule is Cc1nccnc1OCCC[C@@H]1CCCCN1C(=O)OC(C)(C)C. The molecule has 1 aromatic rings. The topological polar surface area (TPSA) is 64.6 Å². The van der Waals surface area contributed by atoms with E-state index in [2.05, 4.69) is 9.97 Å². The molecule has 0 aromatic carbocycles. The molecular weight excluding hydrogens is 306 g/mol. The predicted octanol–water partition coefficient (Wildman–Crippen LogP) is 3.73. The molecule has 0 aliphatic carbocycles. The average molecular weight is 335 g/mol. The van der Waals surface area contributed by atoms with Gasteiger partial charge in [0.05, 0.1) is 12.3 Å². The number of likely N-dealkylation sites (tertiary alicyclic amines) is 1. The summed E-state index contributed by atoms with van der Waals surface area (Å²) in [5, 5.41) is 0. The minimum absolute atomic E-state index is 0.196. The van der Waals surface area contributed by atoms with Crippen molar-refractivity contribution in [1.82, 2.24) is 14.9 Å². The number of carbonyl (C=O) groups excluding carboxylic acids is 1. The predicted molar refractivity (Wildman–Crippen MR) is 92.1 cm³/mol. The lowest BCUT2D eigenvalue weighted by molar-refractivity contribution is 0.00822. The van der Waals surface area contributed by atoms with Gasteiger partial charge in [0.25, 0.3) is 0 Å². The molecule has 134 valence electrons. The van der Waals surface area contributed by atoms with Gasteiger partial charge in [-0.25, -0.2) is 9.78 Å². The smallest absolute Gasteiger partial charge is 0.410 e. The summed E-state index contributed by atoms with van der Waals surface area (Å²) < 4.78 is 11.2. The number of nitrogens with zero attached hydrogens (tertiary/aromatic N) is 3. The van der Waals surface area contributed by atoms with Crippen LogP contribution < -0.4 is 4.74 Å². The standard InChI is InChI=1S/C18H29N3O3/c1-14-16(20-11-10-19-14)23-13-7-9-15-8-5-6-12-21(15)17(22)24-18(2,3)4/h10-11,15H,5-9,12-13H2,1-4H3/t15-/m0/s1. The van der Waals surface area contributed by atoms with Crippen molar-refractivity contribution in [2.75, 3.05) is 13.2 Å². The van der Waals surface area contributed by atoms with Gasteiger partial charge in [-0.3, -0.25) is 4.98 Å². The molecule has 0 radical (unpaired) electrons. The van der Waals surface area contributed by atoms with Crippen molar-refractivity contribution < 1.29 is 14.3 Å². The first-order chi connectivity index (χ1) is 11.4. The van der Waals surface area contributed by atoms with E-state index in [0.29, 0.717) is 12.5 Å². The number of amides is 1. The van der Waals surface area contributed by atoms with Gasteiger partial charge in [0.1, 0.15) is 5.60 Å². The molecule has 1 aliphatic rings. The van der Waals surface area contributed by atoms with Crippen LogP contribution >= 0.6 is 0 Å². The summed E-state index contributed by atoms with van der Waals surface area (Å²) in [6.07, 6.45) is 8.12. The largest absolute Gasteiger partial charge is 0.476 e. The summed E-state index contributed by atoms with van der Waals surface area (Å²) in [7, 11) is 0. The van der Waals surface area contributed by atoms with E-state index in [0.717, 1.165) is 44.3 Å². The highest BCUT2D eigenvalue weighted by Crippen LogP contribution is 2.23. The van der Waals surface area contributed by atoms with Crippen molar-refractivity contribution in [3.05, 3.63) is 18.1 Å². The fraction of sp³-hybridized carbons (Fsp3) is 0.722. The van der Waals surface area contributed by atoms with E-state index >= 15 is 0 Å². The maximum Gasteiger partial charge on any atom is 0.410 e. The fourth-order valence-electron chi connectivity index (χ4n) is 2.89. The molecule has 1 aliphatic heterocycles. The summed E-state index contributed by atoms with van der Waals surface area (Å²) >= 11 is 0. The van der Waals surface area contributed by atoms with Crippen LogP contribution in [-0.4, -0.2) is 45.8 Å². The van der Waals surface area contributed by atoms with Gasteiger partial charge in [-0.05, 0) is 59.8 Å². The fourth-order valence-corrected chi connectivity index (χ4v) is 2.89. The molecular formula is C18H29N3O3. The van der Waals surface area contributed by atoms with E-state index in [-0.39, 0.29) is 12.1 Å². The highest BCUT2D eigenvalue weighted by molar-refractivity contribution is 5.68. The molecule has 0 spiro atoms. The quantitative estimate of drug-likeness (QED) is 0.767. The minimum Gasteiger partial charge on any atom is -0.476 e. The molecule has 1 aromatic heterocycles. The van der Waals surface area contributed by atoms with Crippen molar-refractivity contribution in [2.24, 2.45) is 0 Å². The maximum absolute atomic E-state index is 12.4. The molecule has 24 heavy (non-hydrogen) atoms. The van der Waals surface area contributed by atoms with Crippen LogP contribution in [0.15, 0.2) is 12.4 Å². The molecule has 0 unspecified atom stereocenters. The third-order valence-corrected chi connectivity index (χ3v) is 4.01. The third kappa shape index (κ3) is 5.65. The first-order valence-electron chi connectivity index (χ1n) is 8.77. The third-order valence-electron chi connectivity index (χ3n) is 4.01. The Labute approximate surface area is 144 Å². The van der Waals surface area contributed by atoms with Crippen LogP contribution in [0, 0.1) is 6.92 Å². The van der Waals surface area contributed by atoms with Crippen LogP contribution in [0.25, 0.3) is 0 Å². The lowest BCUT2D eigenvalue weighted by Gasteiger charge is -2.36. The normalized spacial score (nSPS) is 18.3. The number of aryl methyl sites for hydroxylation is 1. The van der Waals surface area contributed by atoms with Crippen LogP contribution in [0.5, 0.6) is 5.88 Å². The number of hydrogen-bond donors (Lipinski definition) is 0. The van der Waals surface area contributed by atoms with Gasteiger partial charge in [0.2, 0.25) is 5.88 Å². The number of piperidine rings is 1. The molecule has 1 saturated heterocycles. The first kappa shape index (κ1) is 18.5. The highest BCUT2D eigenvalue weighted by Gasteiger charge is 2.30. The summed E-state index contributed by atoms with van der Waals surface area (Å²) in [6, 6.07) is 0.236. The zero-order valence-electron chi connectivity index (χ0n) is 15.2. The summed E-state index contributed by atoms with van der Waals surface area (Å²) in [5.41, 5.74) is 0.344. The van der Waals surface area contributed by atoms with E-state index in [4.69, 9.17) is 9.47 Å². The average Bonchev–Trinajstić information content (AvgIpc) is 2.52. The lowest BCUT2D eigenvalue weighted by atomic mass is 9.98. The van der Waals surface area contributed by atoms with Gasteiger partial charge >= 0.3 is 6.09 Å². The second-order valence-electron chi connectivity index (χ2n) is 7.26. The van der Waals surface area contributed by atoms with Crippen molar-refractivity contribution in [2.45, 2.75) is 71.4 Å². The second-order valence-corrected chi connectivity index (χ2v) is 7.26. The first-order valence-corrected chi connectivity index (χ1v) is 8.77. The highest BCUT2D eigenvalue weighted by atomic mass is 16.6. The van der Waals surface area contributed by atoms with E-state index in [1.807, 2.05) is 32.6 Å². The zero-order valence-corrected chi connectivity index (χ0v) is 15.2. The summed E-state index contributed by atoms with van der Waals surface area (Å²) in [5.74, 6) is 0.588. The number of ether oxygens (including phenoxy) is 2. The van der Waals surface area contributed by atoms with Crippen LogP contribution in [0.1, 0.15) is 58.6 Å². The Morgan fingerprint density at radius 3 is 2.75 bits per heavy atom.